The highest BCUT2D eigenvalue weighted by atomic mass is 16.5. The SMILES string of the molecule is CCOC(=O)c1cnn(CC(=O)N(C)C)c1. The van der Waals surface area contributed by atoms with Crippen LogP contribution in [0.4, 0.5) is 0 Å². The molecule has 0 aliphatic carbocycles. The van der Waals surface area contributed by atoms with Gasteiger partial charge in [0.2, 0.25) is 5.91 Å². The van der Waals surface area contributed by atoms with Gasteiger partial charge in [0, 0.05) is 20.3 Å². The third-order valence-corrected chi connectivity index (χ3v) is 1.94. The van der Waals surface area contributed by atoms with Gasteiger partial charge in [-0.15, -0.1) is 0 Å². The summed E-state index contributed by atoms with van der Waals surface area (Å²) in [5.74, 6) is -0.510. The minimum absolute atomic E-state index is 0.0847. The molecule has 0 N–H and O–H groups in total. The molecule has 0 saturated carbocycles. The molecule has 1 aromatic heterocycles. The number of amides is 1. The molecule has 1 aromatic rings. The van der Waals surface area contributed by atoms with Gasteiger partial charge in [0.15, 0.2) is 0 Å². The van der Waals surface area contributed by atoms with Crippen molar-refractivity contribution >= 4 is 11.9 Å². The summed E-state index contributed by atoms with van der Waals surface area (Å²) in [6.45, 7) is 2.17. The van der Waals surface area contributed by atoms with Crippen LogP contribution in [0.5, 0.6) is 0 Å². The molecule has 6 nitrogen and oxygen atoms in total. The van der Waals surface area contributed by atoms with Crippen molar-refractivity contribution in [3.8, 4) is 0 Å². The average molecular weight is 225 g/mol. The fourth-order valence-corrected chi connectivity index (χ4v) is 1.05. The van der Waals surface area contributed by atoms with Gasteiger partial charge in [0.05, 0.1) is 18.4 Å². The number of nitrogens with zero attached hydrogens (tertiary/aromatic N) is 3. The second-order valence-electron chi connectivity index (χ2n) is 3.44. The van der Waals surface area contributed by atoms with E-state index in [2.05, 4.69) is 5.10 Å². The third-order valence-electron chi connectivity index (χ3n) is 1.94. The zero-order valence-electron chi connectivity index (χ0n) is 9.64. The molecule has 1 rings (SSSR count). The van der Waals surface area contributed by atoms with E-state index in [4.69, 9.17) is 4.74 Å². The van der Waals surface area contributed by atoms with Crippen LogP contribution in [0.2, 0.25) is 0 Å². The first-order valence-corrected chi connectivity index (χ1v) is 4.94. The number of aromatic nitrogens is 2. The highest BCUT2D eigenvalue weighted by Crippen LogP contribution is 2.00. The van der Waals surface area contributed by atoms with Crippen LogP contribution in [0.1, 0.15) is 17.3 Å². The van der Waals surface area contributed by atoms with Crippen LogP contribution in [-0.2, 0) is 16.1 Å². The van der Waals surface area contributed by atoms with Crippen LogP contribution in [0.25, 0.3) is 0 Å². The molecule has 0 aliphatic heterocycles. The van der Waals surface area contributed by atoms with E-state index in [-0.39, 0.29) is 12.5 Å². The number of carbonyl (C=O) groups excluding carboxylic acids is 2. The second kappa shape index (κ2) is 5.29. The lowest BCUT2D eigenvalue weighted by atomic mass is 10.4. The molecular formula is C10H15N3O3. The van der Waals surface area contributed by atoms with Crippen molar-refractivity contribution in [3.05, 3.63) is 18.0 Å². The topological polar surface area (TPSA) is 64.4 Å². The Kier molecular flexibility index (Phi) is 4.04. The summed E-state index contributed by atoms with van der Waals surface area (Å²) in [6, 6.07) is 0. The monoisotopic (exact) mass is 225 g/mol. The lowest BCUT2D eigenvalue weighted by Crippen LogP contribution is -2.26. The Bertz CT molecular complexity index is 384. The third kappa shape index (κ3) is 3.08. The summed E-state index contributed by atoms with van der Waals surface area (Å²) < 4.78 is 6.22. The molecule has 0 atom stereocenters. The van der Waals surface area contributed by atoms with E-state index >= 15 is 0 Å². The average Bonchev–Trinajstić information content (AvgIpc) is 2.66. The molecule has 0 bridgehead atoms. The van der Waals surface area contributed by atoms with E-state index in [9.17, 15) is 9.59 Å². The summed E-state index contributed by atoms with van der Waals surface area (Å²) >= 11 is 0. The van der Waals surface area contributed by atoms with Gasteiger partial charge in [-0.2, -0.15) is 5.10 Å². The van der Waals surface area contributed by atoms with E-state index in [0.717, 1.165) is 0 Å². The largest absolute Gasteiger partial charge is 0.462 e. The first-order chi connectivity index (χ1) is 7.54. The lowest BCUT2D eigenvalue weighted by molar-refractivity contribution is -0.129. The molecule has 0 aromatic carbocycles. The fourth-order valence-electron chi connectivity index (χ4n) is 1.05. The molecule has 88 valence electrons. The zero-order chi connectivity index (χ0) is 12.1. The first-order valence-electron chi connectivity index (χ1n) is 4.94. The second-order valence-corrected chi connectivity index (χ2v) is 3.44. The zero-order valence-corrected chi connectivity index (χ0v) is 9.64. The highest BCUT2D eigenvalue weighted by Gasteiger charge is 2.11. The van der Waals surface area contributed by atoms with Crippen LogP contribution >= 0.6 is 0 Å². The van der Waals surface area contributed by atoms with Crippen molar-refractivity contribution in [2.45, 2.75) is 13.5 Å². The number of likely N-dealkylation sites (N-methyl/N-ethyl adjacent to an activating group) is 1. The minimum atomic E-state index is -0.425. The summed E-state index contributed by atoms with van der Waals surface area (Å²) in [5, 5.41) is 3.91. The number of carbonyl (C=O) groups is 2. The fraction of sp³-hybridized carbons (Fsp3) is 0.500. The summed E-state index contributed by atoms with van der Waals surface area (Å²) in [7, 11) is 3.33. The van der Waals surface area contributed by atoms with Gasteiger partial charge in [-0.3, -0.25) is 9.48 Å². The van der Waals surface area contributed by atoms with Crippen molar-refractivity contribution < 1.29 is 14.3 Å². The van der Waals surface area contributed by atoms with E-state index in [0.29, 0.717) is 12.2 Å². The molecule has 0 spiro atoms. The Morgan fingerprint density at radius 3 is 2.75 bits per heavy atom. The quantitative estimate of drug-likeness (QED) is 0.684. The minimum Gasteiger partial charge on any atom is -0.462 e. The van der Waals surface area contributed by atoms with Crippen molar-refractivity contribution in [1.82, 2.24) is 14.7 Å². The Labute approximate surface area is 93.8 Å². The van der Waals surface area contributed by atoms with Crippen LogP contribution in [-0.4, -0.2) is 47.3 Å². The van der Waals surface area contributed by atoms with Crippen molar-refractivity contribution in [2.24, 2.45) is 0 Å². The lowest BCUT2D eigenvalue weighted by Gasteiger charge is -2.09. The van der Waals surface area contributed by atoms with E-state index in [1.807, 2.05) is 0 Å². The van der Waals surface area contributed by atoms with Crippen LogP contribution in [0.15, 0.2) is 12.4 Å². The molecule has 0 unspecified atom stereocenters. The summed E-state index contributed by atoms with van der Waals surface area (Å²) in [4.78, 5) is 24.1. The number of ether oxygens (including phenoxy) is 1. The number of hydrogen-bond acceptors (Lipinski definition) is 4. The molecule has 1 amide bonds. The molecule has 16 heavy (non-hydrogen) atoms. The van der Waals surface area contributed by atoms with Gasteiger partial charge in [-0.25, -0.2) is 4.79 Å². The van der Waals surface area contributed by atoms with Gasteiger partial charge >= 0.3 is 5.97 Å². The Morgan fingerprint density at radius 1 is 1.50 bits per heavy atom. The van der Waals surface area contributed by atoms with Gasteiger partial charge in [0.25, 0.3) is 0 Å². The Balaban J connectivity index is 2.65. The van der Waals surface area contributed by atoms with Crippen LogP contribution in [0, 0.1) is 0 Å². The molecule has 0 radical (unpaired) electrons. The van der Waals surface area contributed by atoms with E-state index in [1.165, 1.54) is 22.0 Å². The normalized spacial score (nSPS) is 9.94. The molecule has 0 saturated heterocycles. The molecule has 0 fully saturated rings. The number of hydrogen-bond donors (Lipinski definition) is 0. The van der Waals surface area contributed by atoms with Crippen molar-refractivity contribution in [1.29, 1.82) is 0 Å². The Morgan fingerprint density at radius 2 is 2.19 bits per heavy atom. The van der Waals surface area contributed by atoms with Crippen molar-refractivity contribution in [3.63, 3.8) is 0 Å². The smallest absolute Gasteiger partial charge is 0.341 e. The Hall–Kier alpha value is -1.85. The van der Waals surface area contributed by atoms with Gasteiger partial charge < -0.3 is 9.64 Å². The van der Waals surface area contributed by atoms with Gasteiger partial charge in [0.1, 0.15) is 6.54 Å². The first kappa shape index (κ1) is 12.2. The molecule has 1 heterocycles. The number of rotatable bonds is 4. The molecular weight excluding hydrogens is 210 g/mol. The maximum absolute atomic E-state index is 11.4. The van der Waals surface area contributed by atoms with Crippen LogP contribution in [0.3, 0.4) is 0 Å². The highest BCUT2D eigenvalue weighted by molar-refractivity contribution is 5.88. The molecule has 0 aliphatic rings. The van der Waals surface area contributed by atoms with E-state index < -0.39 is 5.97 Å². The summed E-state index contributed by atoms with van der Waals surface area (Å²) in [5.41, 5.74) is 0.355. The van der Waals surface area contributed by atoms with Crippen molar-refractivity contribution in [2.75, 3.05) is 20.7 Å². The van der Waals surface area contributed by atoms with E-state index in [1.54, 1.807) is 21.0 Å². The predicted octanol–water partition coefficient (Wildman–Crippen LogP) is 0.148. The van der Waals surface area contributed by atoms with Gasteiger partial charge in [-0.05, 0) is 6.92 Å². The summed E-state index contributed by atoms with van der Waals surface area (Å²) in [6.07, 6.45) is 2.89. The predicted molar refractivity (Wildman–Crippen MR) is 56.9 cm³/mol. The van der Waals surface area contributed by atoms with Crippen LogP contribution < -0.4 is 0 Å². The maximum atomic E-state index is 11.4. The van der Waals surface area contributed by atoms with Gasteiger partial charge in [-0.1, -0.05) is 0 Å². The number of esters is 1. The maximum Gasteiger partial charge on any atom is 0.341 e. The standard InChI is InChI=1S/C10H15N3O3/c1-4-16-10(15)8-5-11-13(6-8)7-9(14)12(2)3/h5-6H,4,7H2,1-3H3. The molecule has 6 heteroatoms.